The van der Waals surface area contributed by atoms with E-state index in [1.807, 2.05) is 11.4 Å². The zero-order valence-electron chi connectivity index (χ0n) is 7.92. The van der Waals surface area contributed by atoms with Crippen molar-refractivity contribution in [3.8, 4) is 0 Å². The summed E-state index contributed by atoms with van der Waals surface area (Å²) in [7, 11) is 0. The molecule has 0 aliphatic carbocycles. The summed E-state index contributed by atoms with van der Waals surface area (Å²) in [6.45, 7) is 2.10. The van der Waals surface area contributed by atoms with Crippen molar-refractivity contribution >= 4 is 33.1 Å². The molecular formula is C10H13BrN2S. The second-order valence-electron chi connectivity index (χ2n) is 3.53. The van der Waals surface area contributed by atoms with Gasteiger partial charge in [0.1, 0.15) is 5.84 Å². The molecule has 1 aliphatic rings. The highest BCUT2D eigenvalue weighted by molar-refractivity contribution is 9.10. The van der Waals surface area contributed by atoms with Crippen molar-refractivity contribution in [1.82, 2.24) is 4.90 Å². The third-order valence-corrected chi connectivity index (χ3v) is 4.17. The molecule has 1 aromatic heterocycles. The second-order valence-corrected chi connectivity index (χ2v) is 5.35. The molecule has 0 saturated carbocycles. The Hall–Kier alpha value is -0.350. The standard InChI is InChI=1S/C10H13BrN2S/c11-8-6-9(14-7-8)10(12)13-4-2-1-3-5-13/h6-7,12H,1-5H2. The van der Waals surface area contributed by atoms with E-state index in [1.165, 1.54) is 19.3 Å². The molecule has 0 radical (unpaired) electrons. The molecule has 76 valence electrons. The van der Waals surface area contributed by atoms with E-state index in [0.717, 1.165) is 22.4 Å². The number of thiophene rings is 1. The van der Waals surface area contributed by atoms with Crippen LogP contribution >= 0.6 is 27.3 Å². The Labute approximate surface area is 96.6 Å². The molecule has 2 heterocycles. The lowest BCUT2D eigenvalue weighted by Gasteiger charge is -2.28. The lowest BCUT2D eigenvalue weighted by atomic mass is 10.1. The first-order valence-electron chi connectivity index (χ1n) is 4.85. The van der Waals surface area contributed by atoms with Gasteiger partial charge in [-0.1, -0.05) is 0 Å². The first-order valence-corrected chi connectivity index (χ1v) is 6.52. The van der Waals surface area contributed by atoms with Gasteiger partial charge in [0.05, 0.1) is 4.88 Å². The lowest BCUT2D eigenvalue weighted by molar-refractivity contribution is 0.341. The van der Waals surface area contributed by atoms with Crippen LogP contribution in [0, 0.1) is 5.41 Å². The third-order valence-electron chi connectivity index (χ3n) is 2.47. The normalized spacial score (nSPS) is 17.1. The average molecular weight is 273 g/mol. The third kappa shape index (κ3) is 2.17. The molecule has 4 heteroatoms. The zero-order chi connectivity index (χ0) is 9.97. The molecule has 1 saturated heterocycles. The summed E-state index contributed by atoms with van der Waals surface area (Å²) in [5, 5.41) is 10.1. The number of likely N-dealkylation sites (tertiary alicyclic amines) is 1. The van der Waals surface area contributed by atoms with Gasteiger partial charge in [0.25, 0.3) is 0 Å². The summed E-state index contributed by atoms with van der Waals surface area (Å²) < 4.78 is 1.08. The van der Waals surface area contributed by atoms with Gasteiger partial charge in [0.15, 0.2) is 0 Å². The molecule has 1 N–H and O–H groups in total. The van der Waals surface area contributed by atoms with Crippen molar-refractivity contribution in [2.45, 2.75) is 19.3 Å². The second kappa shape index (κ2) is 4.45. The minimum absolute atomic E-state index is 0.695. The lowest BCUT2D eigenvalue weighted by Crippen LogP contribution is -2.35. The van der Waals surface area contributed by atoms with Crippen LogP contribution in [-0.4, -0.2) is 23.8 Å². The summed E-state index contributed by atoms with van der Waals surface area (Å²) >= 11 is 5.06. The summed E-state index contributed by atoms with van der Waals surface area (Å²) in [4.78, 5) is 3.25. The maximum Gasteiger partial charge on any atom is 0.138 e. The highest BCUT2D eigenvalue weighted by atomic mass is 79.9. The predicted molar refractivity (Wildman–Crippen MR) is 64.3 cm³/mol. The Morgan fingerprint density at radius 3 is 2.64 bits per heavy atom. The Morgan fingerprint density at radius 1 is 1.36 bits per heavy atom. The van der Waals surface area contributed by atoms with Crippen molar-refractivity contribution in [2.24, 2.45) is 0 Å². The Bertz CT molecular complexity index is 329. The first kappa shape index (κ1) is 10.2. The smallest absolute Gasteiger partial charge is 0.138 e. The molecule has 1 fully saturated rings. The van der Waals surface area contributed by atoms with Gasteiger partial charge < -0.3 is 4.90 Å². The zero-order valence-corrected chi connectivity index (χ0v) is 10.3. The van der Waals surface area contributed by atoms with Crippen LogP contribution in [0.1, 0.15) is 24.1 Å². The van der Waals surface area contributed by atoms with Crippen LogP contribution in [-0.2, 0) is 0 Å². The topological polar surface area (TPSA) is 27.1 Å². The van der Waals surface area contributed by atoms with E-state index in [0.29, 0.717) is 5.84 Å². The summed E-state index contributed by atoms with van der Waals surface area (Å²) in [6, 6.07) is 2.03. The van der Waals surface area contributed by atoms with Crippen LogP contribution in [0.15, 0.2) is 15.9 Å². The van der Waals surface area contributed by atoms with Crippen LogP contribution in [0.3, 0.4) is 0 Å². The Morgan fingerprint density at radius 2 is 2.07 bits per heavy atom. The quantitative estimate of drug-likeness (QED) is 0.616. The molecule has 0 unspecified atom stereocenters. The summed E-state index contributed by atoms with van der Waals surface area (Å²) in [6.07, 6.45) is 3.78. The van der Waals surface area contributed by atoms with E-state index in [2.05, 4.69) is 20.8 Å². The SMILES string of the molecule is N=C(c1cc(Br)cs1)N1CCCCC1. The number of amidine groups is 1. The number of halogens is 1. The molecule has 2 rings (SSSR count). The van der Waals surface area contributed by atoms with Gasteiger partial charge in [0.2, 0.25) is 0 Å². The van der Waals surface area contributed by atoms with Crippen LogP contribution < -0.4 is 0 Å². The van der Waals surface area contributed by atoms with Crippen molar-refractivity contribution in [1.29, 1.82) is 5.41 Å². The summed E-state index contributed by atoms with van der Waals surface area (Å²) in [5.41, 5.74) is 0. The van der Waals surface area contributed by atoms with Gasteiger partial charge in [-0.15, -0.1) is 11.3 Å². The number of nitrogens with zero attached hydrogens (tertiary/aromatic N) is 1. The van der Waals surface area contributed by atoms with E-state index in [4.69, 9.17) is 5.41 Å². The molecule has 0 atom stereocenters. The fraction of sp³-hybridized carbons (Fsp3) is 0.500. The minimum Gasteiger partial charge on any atom is -0.356 e. The number of rotatable bonds is 1. The van der Waals surface area contributed by atoms with Crippen LogP contribution in [0.25, 0.3) is 0 Å². The monoisotopic (exact) mass is 272 g/mol. The fourth-order valence-electron chi connectivity index (χ4n) is 1.71. The molecule has 0 amide bonds. The van der Waals surface area contributed by atoms with Gasteiger partial charge in [-0.05, 0) is 41.3 Å². The van der Waals surface area contributed by atoms with Crippen molar-refractivity contribution in [3.05, 3.63) is 20.8 Å². The predicted octanol–water partition coefficient (Wildman–Crippen LogP) is 3.32. The van der Waals surface area contributed by atoms with Crippen LogP contribution in [0.5, 0.6) is 0 Å². The maximum absolute atomic E-state index is 8.05. The van der Waals surface area contributed by atoms with Crippen LogP contribution in [0.2, 0.25) is 0 Å². The number of piperidine rings is 1. The van der Waals surface area contributed by atoms with Crippen molar-refractivity contribution in [3.63, 3.8) is 0 Å². The van der Waals surface area contributed by atoms with E-state index < -0.39 is 0 Å². The van der Waals surface area contributed by atoms with Crippen molar-refractivity contribution < 1.29 is 0 Å². The molecule has 0 spiro atoms. The average Bonchev–Trinajstić information content (AvgIpc) is 2.65. The van der Waals surface area contributed by atoms with Gasteiger partial charge in [-0.25, -0.2) is 0 Å². The Kier molecular flexibility index (Phi) is 3.23. The number of hydrogen-bond acceptors (Lipinski definition) is 2. The molecule has 0 bridgehead atoms. The molecule has 0 aromatic carbocycles. The maximum atomic E-state index is 8.05. The van der Waals surface area contributed by atoms with E-state index in [9.17, 15) is 0 Å². The van der Waals surface area contributed by atoms with Crippen LogP contribution in [0.4, 0.5) is 0 Å². The van der Waals surface area contributed by atoms with E-state index in [-0.39, 0.29) is 0 Å². The van der Waals surface area contributed by atoms with Gasteiger partial charge in [-0.2, -0.15) is 0 Å². The first-order chi connectivity index (χ1) is 6.77. The number of nitrogens with one attached hydrogen (secondary N) is 1. The number of hydrogen-bond donors (Lipinski definition) is 1. The Balaban J connectivity index is 2.07. The fourth-order valence-corrected chi connectivity index (χ4v) is 3.11. The molecule has 14 heavy (non-hydrogen) atoms. The van der Waals surface area contributed by atoms with Gasteiger partial charge in [0, 0.05) is 22.9 Å². The van der Waals surface area contributed by atoms with E-state index in [1.54, 1.807) is 11.3 Å². The molecule has 1 aromatic rings. The van der Waals surface area contributed by atoms with Gasteiger partial charge >= 0.3 is 0 Å². The van der Waals surface area contributed by atoms with E-state index >= 15 is 0 Å². The minimum atomic E-state index is 0.695. The van der Waals surface area contributed by atoms with Crippen molar-refractivity contribution in [2.75, 3.05) is 13.1 Å². The summed E-state index contributed by atoms with van der Waals surface area (Å²) in [5.74, 6) is 0.695. The molecule has 2 nitrogen and oxygen atoms in total. The van der Waals surface area contributed by atoms with Gasteiger partial charge in [-0.3, -0.25) is 5.41 Å². The highest BCUT2D eigenvalue weighted by Gasteiger charge is 2.15. The molecular weight excluding hydrogens is 260 g/mol. The highest BCUT2D eigenvalue weighted by Crippen LogP contribution is 2.22. The largest absolute Gasteiger partial charge is 0.356 e. The molecule has 1 aliphatic heterocycles.